The molecule has 0 rings (SSSR count). The molecule has 0 radical (unpaired) electrons. The molecule has 9 heteroatoms. The molecule has 1 amide bonds. The van der Waals surface area contributed by atoms with Crippen LogP contribution in [0.1, 0.15) is 104 Å². The molecule has 0 aromatic heterocycles. The lowest BCUT2D eigenvalue weighted by Gasteiger charge is -2.25. The van der Waals surface area contributed by atoms with Gasteiger partial charge in [-0.15, -0.1) is 0 Å². The first-order valence-electron chi connectivity index (χ1n) is 14.1. The van der Waals surface area contributed by atoms with Crippen LogP contribution in [-0.2, 0) is 18.4 Å². The van der Waals surface area contributed by atoms with Crippen molar-refractivity contribution in [1.82, 2.24) is 5.32 Å². The van der Waals surface area contributed by atoms with Crippen LogP contribution >= 0.6 is 7.82 Å². The molecule has 0 bridgehead atoms. The van der Waals surface area contributed by atoms with Crippen molar-refractivity contribution in [1.29, 1.82) is 0 Å². The van der Waals surface area contributed by atoms with Gasteiger partial charge >= 0.3 is 7.82 Å². The van der Waals surface area contributed by atoms with E-state index in [-0.39, 0.29) is 19.1 Å². The number of rotatable bonds is 24. The number of aliphatic hydroxyl groups is 1. The molecule has 0 aromatic rings. The summed E-state index contributed by atoms with van der Waals surface area (Å²) in [5.74, 6) is -0.216. The Morgan fingerprint density at radius 1 is 0.917 bits per heavy atom. The Labute approximate surface area is 221 Å². The van der Waals surface area contributed by atoms with E-state index in [0.29, 0.717) is 17.4 Å². The Hall–Kier alpha value is -0.760. The lowest BCUT2D eigenvalue weighted by molar-refractivity contribution is -0.870. The molecular formula is C27H56N2O6P+. The van der Waals surface area contributed by atoms with Crippen molar-refractivity contribution in [2.75, 3.05) is 40.9 Å². The Morgan fingerprint density at radius 3 is 2.03 bits per heavy atom. The second kappa shape index (κ2) is 21.2. The molecule has 0 spiro atoms. The maximum atomic E-state index is 12.2. The second-order valence-electron chi connectivity index (χ2n) is 10.8. The maximum absolute atomic E-state index is 12.2. The number of phosphoric acid groups is 1. The van der Waals surface area contributed by atoms with E-state index in [2.05, 4.69) is 12.2 Å². The number of unbranched alkanes of at least 4 members (excludes halogenated alkanes) is 11. The van der Waals surface area contributed by atoms with Crippen LogP contribution in [0.3, 0.4) is 0 Å². The summed E-state index contributed by atoms with van der Waals surface area (Å²) in [5, 5.41) is 13.4. The standard InChI is InChI=1S/C27H55N2O6P/c1-6-8-10-11-12-13-14-15-16-17-18-19-20-26(30)25(28-27(31)21-9-7-2)24-35-36(32,33)34-23-22-29(3,4)5/h19-20,25-26,30H,6-18,21-24H2,1-5H3,(H-,28,31,32,33)/p+1/b20-19+. The van der Waals surface area contributed by atoms with Gasteiger partial charge in [-0.25, -0.2) is 4.57 Å². The van der Waals surface area contributed by atoms with E-state index in [0.717, 1.165) is 32.1 Å². The zero-order valence-electron chi connectivity index (χ0n) is 23.8. The number of aliphatic hydroxyl groups excluding tert-OH is 1. The minimum absolute atomic E-state index is 0.0616. The molecule has 0 aliphatic carbocycles. The van der Waals surface area contributed by atoms with Crippen LogP contribution in [0, 0.1) is 0 Å². The quantitative estimate of drug-likeness (QED) is 0.0631. The summed E-state index contributed by atoms with van der Waals surface area (Å²) in [6, 6.07) is -0.833. The molecule has 3 atom stereocenters. The van der Waals surface area contributed by atoms with E-state index < -0.39 is 20.0 Å². The van der Waals surface area contributed by atoms with Crippen molar-refractivity contribution in [2.45, 2.75) is 116 Å². The summed E-state index contributed by atoms with van der Waals surface area (Å²) in [6.45, 7) is 4.51. The number of allylic oxidation sites excluding steroid dienone is 1. The van der Waals surface area contributed by atoms with E-state index >= 15 is 0 Å². The predicted octanol–water partition coefficient (Wildman–Crippen LogP) is 5.73. The summed E-state index contributed by atoms with van der Waals surface area (Å²) >= 11 is 0. The number of hydrogen-bond acceptors (Lipinski definition) is 5. The number of likely N-dealkylation sites (N-methyl/N-ethyl adjacent to an activating group) is 1. The van der Waals surface area contributed by atoms with E-state index in [4.69, 9.17) is 9.05 Å². The largest absolute Gasteiger partial charge is 0.472 e. The highest BCUT2D eigenvalue weighted by atomic mass is 31.2. The van der Waals surface area contributed by atoms with Gasteiger partial charge in [0.2, 0.25) is 5.91 Å². The molecule has 3 N–H and O–H groups in total. The number of carbonyl (C=O) groups excluding carboxylic acids is 1. The van der Waals surface area contributed by atoms with Crippen LogP contribution in [0.2, 0.25) is 0 Å². The van der Waals surface area contributed by atoms with Crippen LogP contribution in [-0.4, -0.2) is 73.4 Å². The minimum Gasteiger partial charge on any atom is -0.387 e. The third kappa shape index (κ3) is 22.4. The number of amides is 1. The summed E-state index contributed by atoms with van der Waals surface area (Å²) < 4.78 is 23.0. The molecule has 8 nitrogen and oxygen atoms in total. The van der Waals surface area contributed by atoms with Crippen LogP contribution in [0.15, 0.2) is 12.2 Å². The fourth-order valence-electron chi connectivity index (χ4n) is 3.60. The van der Waals surface area contributed by atoms with Gasteiger partial charge in [-0.1, -0.05) is 90.2 Å². The first-order valence-corrected chi connectivity index (χ1v) is 15.6. The normalized spacial score (nSPS) is 15.6. The Kier molecular flexibility index (Phi) is 20.8. The fraction of sp³-hybridized carbons (Fsp3) is 0.889. The Morgan fingerprint density at radius 2 is 1.47 bits per heavy atom. The average Bonchev–Trinajstić information content (AvgIpc) is 2.79. The lowest BCUT2D eigenvalue weighted by Crippen LogP contribution is -2.45. The van der Waals surface area contributed by atoms with Crippen molar-refractivity contribution < 1.29 is 32.9 Å². The van der Waals surface area contributed by atoms with Crippen molar-refractivity contribution >= 4 is 13.7 Å². The van der Waals surface area contributed by atoms with Crippen molar-refractivity contribution in [3.05, 3.63) is 12.2 Å². The van der Waals surface area contributed by atoms with Gasteiger partial charge in [0.15, 0.2) is 0 Å². The van der Waals surface area contributed by atoms with Gasteiger partial charge in [0, 0.05) is 6.42 Å². The molecule has 3 unspecified atom stereocenters. The van der Waals surface area contributed by atoms with Gasteiger partial charge in [0.25, 0.3) is 0 Å². The van der Waals surface area contributed by atoms with Gasteiger partial charge < -0.3 is 19.8 Å². The van der Waals surface area contributed by atoms with Crippen molar-refractivity contribution in [2.24, 2.45) is 0 Å². The minimum atomic E-state index is -4.29. The van der Waals surface area contributed by atoms with E-state index in [1.54, 1.807) is 6.08 Å². The molecule has 0 aliphatic heterocycles. The van der Waals surface area contributed by atoms with Crippen molar-refractivity contribution in [3.8, 4) is 0 Å². The van der Waals surface area contributed by atoms with Gasteiger partial charge in [-0.3, -0.25) is 13.8 Å². The van der Waals surface area contributed by atoms with Gasteiger partial charge in [-0.2, -0.15) is 0 Å². The highest BCUT2D eigenvalue weighted by Crippen LogP contribution is 2.43. The topological polar surface area (TPSA) is 105 Å². The molecule has 0 fully saturated rings. The highest BCUT2D eigenvalue weighted by molar-refractivity contribution is 7.47. The number of nitrogens with zero attached hydrogens (tertiary/aromatic N) is 1. The summed E-state index contributed by atoms with van der Waals surface area (Å²) in [5.41, 5.74) is 0. The second-order valence-corrected chi connectivity index (χ2v) is 12.2. The number of nitrogens with one attached hydrogen (secondary N) is 1. The lowest BCUT2D eigenvalue weighted by atomic mass is 10.1. The maximum Gasteiger partial charge on any atom is 0.472 e. The predicted molar refractivity (Wildman–Crippen MR) is 148 cm³/mol. The van der Waals surface area contributed by atoms with Crippen LogP contribution in [0.5, 0.6) is 0 Å². The third-order valence-electron chi connectivity index (χ3n) is 6.01. The molecule has 0 heterocycles. The smallest absolute Gasteiger partial charge is 0.387 e. The van der Waals surface area contributed by atoms with E-state index in [1.807, 2.05) is 34.1 Å². The zero-order chi connectivity index (χ0) is 27.3. The monoisotopic (exact) mass is 535 g/mol. The molecule has 0 aliphatic rings. The number of carbonyl (C=O) groups is 1. The SMILES string of the molecule is CCCCCCCCCCCC/C=C/C(O)C(COP(=O)(O)OCC[N+](C)(C)C)NC(=O)CCCC. The Bertz CT molecular complexity index is 624. The van der Waals surface area contributed by atoms with Crippen LogP contribution in [0.25, 0.3) is 0 Å². The molecule has 0 saturated heterocycles. The van der Waals surface area contributed by atoms with Gasteiger partial charge in [0.1, 0.15) is 13.2 Å². The third-order valence-corrected chi connectivity index (χ3v) is 6.99. The summed E-state index contributed by atoms with van der Waals surface area (Å²) in [6.07, 6.45) is 18.0. The van der Waals surface area contributed by atoms with Gasteiger partial charge in [0.05, 0.1) is 39.9 Å². The molecular weight excluding hydrogens is 479 g/mol. The Balaban J connectivity index is 4.49. The first kappa shape index (κ1) is 35.2. The average molecular weight is 536 g/mol. The number of phosphoric ester groups is 1. The molecule has 36 heavy (non-hydrogen) atoms. The molecule has 214 valence electrons. The van der Waals surface area contributed by atoms with Crippen LogP contribution in [0.4, 0.5) is 0 Å². The highest BCUT2D eigenvalue weighted by Gasteiger charge is 2.27. The van der Waals surface area contributed by atoms with E-state index in [1.165, 1.54) is 51.4 Å². The zero-order valence-corrected chi connectivity index (χ0v) is 24.6. The van der Waals surface area contributed by atoms with Gasteiger partial charge in [-0.05, 0) is 19.3 Å². The molecule has 0 aromatic carbocycles. The first-order chi connectivity index (χ1) is 17.0. The van der Waals surface area contributed by atoms with Crippen molar-refractivity contribution in [3.63, 3.8) is 0 Å². The summed E-state index contributed by atoms with van der Waals surface area (Å²) in [7, 11) is 1.56. The van der Waals surface area contributed by atoms with Crippen LogP contribution < -0.4 is 5.32 Å². The number of quaternary nitrogens is 1. The molecule has 0 saturated carbocycles. The fourth-order valence-corrected chi connectivity index (χ4v) is 4.34. The number of hydrogen-bond donors (Lipinski definition) is 3. The summed E-state index contributed by atoms with van der Waals surface area (Å²) in [4.78, 5) is 22.2. The van der Waals surface area contributed by atoms with E-state index in [9.17, 15) is 19.4 Å².